The first kappa shape index (κ1) is 19.5. The average molecular weight is 336 g/mol. The summed E-state index contributed by atoms with van der Waals surface area (Å²) in [5, 5.41) is 4.51. The fourth-order valence-electron chi connectivity index (χ4n) is 1.72. The molecule has 0 saturated carbocycles. The number of urea groups is 1. The molecule has 1 atom stereocenters. The second kappa shape index (κ2) is 10.3. The number of hydrogen-bond donors (Lipinski definition) is 2. The van der Waals surface area contributed by atoms with E-state index in [1.165, 1.54) is 6.92 Å². The molecule has 3 amide bonds. The number of nitrogens with one attached hydrogen (secondary N) is 2. The van der Waals surface area contributed by atoms with Crippen molar-refractivity contribution in [2.45, 2.75) is 39.7 Å². The normalized spacial score (nSPS) is 11.3. The van der Waals surface area contributed by atoms with Crippen LogP contribution in [0.1, 0.15) is 44.0 Å². The predicted molar refractivity (Wildman–Crippen MR) is 88.9 cm³/mol. The van der Waals surface area contributed by atoms with Crippen molar-refractivity contribution in [3.05, 3.63) is 29.8 Å². The largest absolute Gasteiger partial charge is 0.494 e. The molecule has 2 N–H and O–H groups in total. The Morgan fingerprint density at radius 1 is 1.12 bits per heavy atom. The van der Waals surface area contributed by atoms with E-state index in [2.05, 4.69) is 17.6 Å². The summed E-state index contributed by atoms with van der Waals surface area (Å²) < 4.78 is 10.6. The van der Waals surface area contributed by atoms with Gasteiger partial charge in [-0.25, -0.2) is 9.59 Å². The third kappa shape index (κ3) is 6.68. The van der Waals surface area contributed by atoms with Crippen LogP contribution in [0.25, 0.3) is 0 Å². The molecule has 0 radical (unpaired) electrons. The van der Waals surface area contributed by atoms with Gasteiger partial charge in [0.2, 0.25) is 0 Å². The summed E-state index contributed by atoms with van der Waals surface area (Å²) in [5.41, 5.74) is 0.301. The van der Waals surface area contributed by atoms with Gasteiger partial charge in [0.05, 0.1) is 12.2 Å². The molecular formula is C17H24N2O5. The van der Waals surface area contributed by atoms with Crippen molar-refractivity contribution in [3.63, 3.8) is 0 Å². The summed E-state index contributed by atoms with van der Waals surface area (Å²) in [6.45, 7) is 6.21. The Balaban J connectivity index is 2.51. The van der Waals surface area contributed by atoms with Gasteiger partial charge in [-0.05, 0) is 44.5 Å². The van der Waals surface area contributed by atoms with Crippen LogP contribution in [0.2, 0.25) is 0 Å². The van der Waals surface area contributed by atoms with Crippen molar-refractivity contribution in [3.8, 4) is 5.75 Å². The molecule has 132 valence electrons. The molecule has 0 heterocycles. The highest BCUT2D eigenvalue weighted by Crippen LogP contribution is 2.14. The number of amides is 3. The third-order valence-corrected chi connectivity index (χ3v) is 3.08. The topological polar surface area (TPSA) is 93.7 Å². The molecule has 1 aromatic rings. The first-order valence-corrected chi connectivity index (χ1v) is 8.00. The van der Waals surface area contributed by atoms with Gasteiger partial charge in [-0.3, -0.25) is 10.1 Å². The molecule has 0 unspecified atom stereocenters. The molecule has 0 spiro atoms. The van der Waals surface area contributed by atoms with Gasteiger partial charge in [-0.2, -0.15) is 0 Å². The maximum atomic E-state index is 12.0. The second-order valence-electron chi connectivity index (χ2n) is 5.12. The van der Waals surface area contributed by atoms with Crippen molar-refractivity contribution in [2.75, 3.05) is 13.2 Å². The molecule has 0 bridgehead atoms. The summed E-state index contributed by atoms with van der Waals surface area (Å²) in [7, 11) is 0. The number of esters is 1. The number of imide groups is 1. The van der Waals surface area contributed by atoms with Crippen LogP contribution in [0.15, 0.2) is 24.3 Å². The van der Waals surface area contributed by atoms with Crippen LogP contribution < -0.4 is 15.4 Å². The van der Waals surface area contributed by atoms with Crippen molar-refractivity contribution in [1.29, 1.82) is 0 Å². The van der Waals surface area contributed by atoms with Crippen LogP contribution in [0, 0.1) is 0 Å². The maximum Gasteiger partial charge on any atom is 0.338 e. The molecule has 0 aliphatic rings. The SMILES string of the molecule is CCCCOc1ccc(C(=O)O[C@@H](C)C(=O)NC(=O)NCC)cc1. The predicted octanol–water partition coefficient (Wildman–Crippen LogP) is 2.26. The van der Waals surface area contributed by atoms with Crippen molar-refractivity contribution < 1.29 is 23.9 Å². The molecule has 7 heteroatoms. The minimum absolute atomic E-state index is 0.301. The van der Waals surface area contributed by atoms with E-state index in [4.69, 9.17) is 9.47 Å². The highest BCUT2D eigenvalue weighted by molar-refractivity contribution is 5.98. The molecule has 0 fully saturated rings. The van der Waals surface area contributed by atoms with Gasteiger partial charge in [-0.1, -0.05) is 13.3 Å². The maximum absolute atomic E-state index is 12.0. The summed E-state index contributed by atoms with van der Waals surface area (Å²) in [6, 6.07) is 5.85. The number of carbonyl (C=O) groups excluding carboxylic acids is 3. The van der Waals surface area contributed by atoms with E-state index in [1.807, 2.05) is 0 Å². The van der Waals surface area contributed by atoms with E-state index >= 15 is 0 Å². The van der Waals surface area contributed by atoms with Gasteiger partial charge in [-0.15, -0.1) is 0 Å². The monoisotopic (exact) mass is 336 g/mol. The lowest BCUT2D eigenvalue weighted by molar-refractivity contribution is -0.127. The van der Waals surface area contributed by atoms with Crippen LogP contribution in [-0.4, -0.2) is 37.2 Å². The van der Waals surface area contributed by atoms with E-state index in [-0.39, 0.29) is 0 Å². The lowest BCUT2D eigenvalue weighted by Crippen LogP contribution is -2.44. The van der Waals surface area contributed by atoms with Gasteiger partial charge in [0, 0.05) is 6.54 Å². The van der Waals surface area contributed by atoms with E-state index in [1.54, 1.807) is 31.2 Å². The highest BCUT2D eigenvalue weighted by atomic mass is 16.5. The summed E-state index contributed by atoms with van der Waals surface area (Å²) in [6.07, 6.45) is 0.920. The van der Waals surface area contributed by atoms with Crippen molar-refractivity contribution in [2.24, 2.45) is 0 Å². The average Bonchev–Trinajstić information content (AvgIpc) is 2.55. The van der Waals surface area contributed by atoms with Crippen LogP contribution >= 0.6 is 0 Å². The zero-order valence-electron chi connectivity index (χ0n) is 14.3. The van der Waals surface area contributed by atoms with E-state index < -0.39 is 24.0 Å². The first-order chi connectivity index (χ1) is 11.5. The molecule has 0 aliphatic heterocycles. The lowest BCUT2D eigenvalue weighted by Gasteiger charge is -2.13. The second-order valence-corrected chi connectivity index (χ2v) is 5.12. The smallest absolute Gasteiger partial charge is 0.338 e. The van der Waals surface area contributed by atoms with Crippen LogP contribution in [-0.2, 0) is 9.53 Å². The molecule has 24 heavy (non-hydrogen) atoms. The van der Waals surface area contributed by atoms with Gasteiger partial charge >= 0.3 is 12.0 Å². The molecule has 1 rings (SSSR count). The summed E-state index contributed by atoms with van der Waals surface area (Å²) in [5.74, 6) is -0.662. The number of hydrogen-bond acceptors (Lipinski definition) is 5. The van der Waals surface area contributed by atoms with E-state index in [0.29, 0.717) is 24.5 Å². The number of ether oxygens (including phenoxy) is 2. The number of carbonyl (C=O) groups is 3. The lowest BCUT2D eigenvalue weighted by atomic mass is 10.2. The van der Waals surface area contributed by atoms with E-state index in [9.17, 15) is 14.4 Å². The molecule has 0 aromatic heterocycles. The molecule has 0 aliphatic carbocycles. The van der Waals surface area contributed by atoms with Gasteiger partial charge in [0.1, 0.15) is 5.75 Å². The zero-order chi connectivity index (χ0) is 17.9. The zero-order valence-corrected chi connectivity index (χ0v) is 14.3. The van der Waals surface area contributed by atoms with Crippen LogP contribution in [0.5, 0.6) is 5.75 Å². The van der Waals surface area contributed by atoms with Crippen molar-refractivity contribution in [1.82, 2.24) is 10.6 Å². The van der Waals surface area contributed by atoms with Crippen LogP contribution in [0.4, 0.5) is 4.79 Å². The fourth-order valence-corrected chi connectivity index (χ4v) is 1.72. The Labute approximate surface area is 141 Å². The number of benzene rings is 1. The Hall–Kier alpha value is -2.57. The van der Waals surface area contributed by atoms with Crippen molar-refractivity contribution >= 4 is 17.9 Å². The number of unbranched alkanes of at least 4 members (excludes halogenated alkanes) is 1. The Bertz CT molecular complexity index is 557. The minimum Gasteiger partial charge on any atom is -0.494 e. The van der Waals surface area contributed by atoms with Crippen LogP contribution in [0.3, 0.4) is 0 Å². The summed E-state index contributed by atoms with van der Waals surface area (Å²) in [4.78, 5) is 35.0. The Kier molecular flexibility index (Phi) is 8.32. The Morgan fingerprint density at radius 3 is 2.38 bits per heavy atom. The first-order valence-electron chi connectivity index (χ1n) is 8.00. The highest BCUT2D eigenvalue weighted by Gasteiger charge is 2.20. The third-order valence-electron chi connectivity index (χ3n) is 3.08. The molecule has 0 saturated heterocycles. The molecular weight excluding hydrogens is 312 g/mol. The standard InChI is InChI=1S/C17H24N2O5/c1-4-6-11-23-14-9-7-13(8-10-14)16(21)24-12(3)15(20)19-17(22)18-5-2/h7-10,12H,4-6,11H2,1-3H3,(H2,18,19,20,22)/t12-/m0/s1. The van der Waals surface area contributed by atoms with E-state index in [0.717, 1.165) is 12.8 Å². The number of rotatable bonds is 8. The van der Waals surface area contributed by atoms with Gasteiger partial charge in [0.25, 0.3) is 5.91 Å². The summed E-state index contributed by atoms with van der Waals surface area (Å²) >= 11 is 0. The minimum atomic E-state index is -1.08. The Morgan fingerprint density at radius 2 is 1.79 bits per heavy atom. The van der Waals surface area contributed by atoms with Gasteiger partial charge < -0.3 is 14.8 Å². The quantitative estimate of drug-likeness (QED) is 0.561. The molecule has 7 nitrogen and oxygen atoms in total. The molecule has 1 aromatic carbocycles. The van der Waals surface area contributed by atoms with Gasteiger partial charge in [0.15, 0.2) is 6.10 Å². The fraction of sp³-hybridized carbons (Fsp3) is 0.471.